The van der Waals surface area contributed by atoms with Crippen molar-refractivity contribution in [2.45, 2.75) is 83.4 Å². The Bertz CT molecular complexity index is 786. The molecule has 0 amide bonds. The van der Waals surface area contributed by atoms with E-state index in [1.54, 1.807) is 0 Å². The number of allylic oxidation sites excluding steroid dienone is 6. The van der Waals surface area contributed by atoms with E-state index in [1.165, 1.54) is 5.57 Å². The van der Waals surface area contributed by atoms with Crippen molar-refractivity contribution in [1.82, 2.24) is 10.2 Å². The zero-order valence-corrected chi connectivity index (χ0v) is 18.3. The summed E-state index contributed by atoms with van der Waals surface area (Å²) in [4.78, 5) is 2.09. The van der Waals surface area contributed by atoms with Crippen LogP contribution in [0.1, 0.15) is 53.9 Å². The van der Waals surface area contributed by atoms with Crippen LogP contribution in [-0.4, -0.2) is 42.7 Å². The van der Waals surface area contributed by atoms with Crippen molar-refractivity contribution in [2.24, 2.45) is 0 Å². The minimum Gasteiger partial charge on any atom is -0.403 e. The smallest absolute Gasteiger partial charge is 0.403 e. The Hall–Kier alpha value is -1.57. The molecule has 5 nitrogen and oxygen atoms in total. The van der Waals surface area contributed by atoms with Crippen LogP contribution in [0.4, 0.5) is 4.39 Å². The number of rotatable bonds is 5. The Kier molecular flexibility index (Phi) is 5.20. The highest BCUT2D eigenvalue weighted by molar-refractivity contribution is 6.48. The van der Waals surface area contributed by atoms with Crippen LogP contribution in [0.5, 0.6) is 0 Å². The second-order valence-electron chi connectivity index (χ2n) is 9.52. The van der Waals surface area contributed by atoms with E-state index in [-0.39, 0.29) is 42.4 Å². The van der Waals surface area contributed by atoms with E-state index in [1.807, 2.05) is 20.0 Å². The molecule has 3 atom stereocenters. The SMILES string of the molecule is CC1=CC(NC2OC2N(C)C2=CCC(B3OC(C)(C)C(C)(C)O3)C=C2)=C(F)CC1. The average molecular weight is 402 g/mol. The molecule has 0 saturated carbocycles. The second kappa shape index (κ2) is 7.29. The molecule has 4 rings (SSSR count). The first-order chi connectivity index (χ1) is 13.6. The lowest BCUT2D eigenvalue weighted by atomic mass is 9.68. The van der Waals surface area contributed by atoms with Crippen molar-refractivity contribution >= 4 is 7.12 Å². The first-order valence-corrected chi connectivity index (χ1v) is 10.5. The Morgan fingerprint density at radius 3 is 2.48 bits per heavy atom. The van der Waals surface area contributed by atoms with Crippen LogP contribution in [0.2, 0.25) is 5.82 Å². The zero-order valence-electron chi connectivity index (χ0n) is 18.3. The largest absolute Gasteiger partial charge is 0.465 e. The molecular weight excluding hydrogens is 370 g/mol. The van der Waals surface area contributed by atoms with Gasteiger partial charge < -0.3 is 24.3 Å². The minimum absolute atomic E-state index is 0.0884. The van der Waals surface area contributed by atoms with Crippen LogP contribution in [0, 0.1) is 0 Å². The maximum Gasteiger partial charge on any atom is 0.465 e. The lowest BCUT2D eigenvalue weighted by Crippen LogP contribution is -2.41. The average Bonchev–Trinajstić information content (AvgIpc) is 3.37. The van der Waals surface area contributed by atoms with Crippen LogP contribution in [0.3, 0.4) is 0 Å². The number of nitrogens with zero attached hydrogens (tertiary/aromatic N) is 1. The Labute approximate surface area is 173 Å². The first-order valence-electron chi connectivity index (χ1n) is 10.5. The molecule has 1 N–H and O–H groups in total. The molecule has 0 aromatic heterocycles. The van der Waals surface area contributed by atoms with Gasteiger partial charge in [0.15, 0.2) is 12.5 Å². The quantitative estimate of drug-likeness (QED) is 0.545. The Morgan fingerprint density at radius 1 is 1.17 bits per heavy atom. The third-order valence-corrected chi connectivity index (χ3v) is 6.71. The molecule has 7 heteroatoms. The highest BCUT2D eigenvalue weighted by Crippen LogP contribution is 2.42. The highest BCUT2D eigenvalue weighted by Gasteiger charge is 2.53. The summed E-state index contributed by atoms with van der Waals surface area (Å²) in [6.45, 7) is 10.3. The number of likely N-dealkylation sites (N-methyl/N-ethyl adjacent to an activating group) is 1. The van der Waals surface area contributed by atoms with Crippen molar-refractivity contribution in [2.75, 3.05) is 7.05 Å². The van der Waals surface area contributed by atoms with E-state index in [4.69, 9.17) is 14.0 Å². The number of hydrogen-bond donors (Lipinski definition) is 1. The third kappa shape index (κ3) is 4.05. The van der Waals surface area contributed by atoms with Gasteiger partial charge in [0.05, 0.1) is 16.9 Å². The monoisotopic (exact) mass is 402 g/mol. The summed E-state index contributed by atoms with van der Waals surface area (Å²) in [5, 5.41) is 3.19. The molecule has 4 aliphatic rings. The molecule has 0 bridgehead atoms. The molecular formula is C22H32BFN2O3. The summed E-state index contributed by atoms with van der Waals surface area (Å²) < 4.78 is 32.2. The molecule has 29 heavy (non-hydrogen) atoms. The van der Waals surface area contributed by atoms with E-state index in [9.17, 15) is 4.39 Å². The fraction of sp³-hybridized carbons (Fsp3) is 0.636. The van der Waals surface area contributed by atoms with Crippen LogP contribution in [0.15, 0.2) is 47.1 Å². The number of epoxide rings is 1. The highest BCUT2D eigenvalue weighted by atomic mass is 19.1. The summed E-state index contributed by atoms with van der Waals surface area (Å²) in [7, 11) is 1.77. The first kappa shape index (κ1) is 20.7. The molecule has 2 aliphatic heterocycles. The third-order valence-electron chi connectivity index (χ3n) is 6.71. The fourth-order valence-corrected chi connectivity index (χ4v) is 3.92. The summed E-state index contributed by atoms with van der Waals surface area (Å²) >= 11 is 0. The number of halogens is 1. The van der Waals surface area contributed by atoms with Crippen molar-refractivity contribution in [3.05, 3.63) is 47.1 Å². The number of hydrogen-bond acceptors (Lipinski definition) is 5. The molecule has 3 unspecified atom stereocenters. The van der Waals surface area contributed by atoms with Gasteiger partial charge in [-0.05, 0) is 59.6 Å². The van der Waals surface area contributed by atoms with Crippen LogP contribution < -0.4 is 5.32 Å². The van der Waals surface area contributed by atoms with E-state index in [0.29, 0.717) is 12.1 Å². The predicted molar refractivity (Wildman–Crippen MR) is 112 cm³/mol. The summed E-state index contributed by atoms with van der Waals surface area (Å²) in [5.41, 5.74) is 2.21. The van der Waals surface area contributed by atoms with Gasteiger partial charge in [-0.15, -0.1) is 0 Å². The van der Waals surface area contributed by atoms with Gasteiger partial charge in [0.1, 0.15) is 5.83 Å². The fourth-order valence-electron chi connectivity index (χ4n) is 3.92. The van der Waals surface area contributed by atoms with Gasteiger partial charge in [0, 0.05) is 25.0 Å². The van der Waals surface area contributed by atoms with Gasteiger partial charge >= 0.3 is 7.12 Å². The molecule has 0 spiro atoms. The minimum atomic E-state index is -0.317. The zero-order chi connectivity index (χ0) is 21.0. The van der Waals surface area contributed by atoms with Gasteiger partial charge in [0.25, 0.3) is 0 Å². The summed E-state index contributed by atoms with van der Waals surface area (Å²) in [6.07, 6.45) is 10.1. The van der Waals surface area contributed by atoms with Crippen LogP contribution in [0.25, 0.3) is 0 Å². The second-order valence-corrected chi connectivity index (χ2v) is 9.52. The molecule has 2 fully saturated rings. The maximum absolute atomic E-state index is 14.0. The van der Waals surface area contributed by atoms with Crippen molar-refractivity contribution in [1.29, 1.82) is 0 Å². The summed E-state index contributed by atoms with van der Waals surface area (Å²) in [6, 6.07) is 0. The molecule has 0 radical (unpaired) electrons. The predicted octanol–water partition coefficient (Wildman–Crippen LogP) is 4.42. The van der Waals surface area contributed by atoms with Gasteiger partial charge in [-0.1, -0.05) is 17.7 Å². The summed E-state index contributed by atoms with van der Waals surface area (Å²) in [5.74, 6) is 0.103. The van der Waals surface area contributed by atoms with Crippen LogP contribution >= 0.6 is 0 Å². The normalized spacial score (nSPS) is 32.8. The van der Waals surface area contributed by atoms with Gasteiger partial charge in [0.2, 0.25) is 0 Å². The lowest BCUT2D eigenvalue weighted by molar-refractivity contribution is 0.00578. The van der Waals surface area contributed by atoms with E-state index >= 15 is 0 Å². The Morgan fingerprint density at radius 2 is 1.86 bits per heavy atom. The molecule has 2 saturated heterocycles. The van der Waals surface area contributed by atoms with E-state index < -0.39 is 0 Å². The maximum atomic E-state index is 14.0. The van der Waals surface area contributed by atoms with Gasteiger partial charge in [-0.25, -0.2) is 4.39 Å². The van der Waals surface area contributed by atoms with E-state index in [2.05, 4.69) is 56.1 Å². The standard InChI is InChI=1S/C22H32BFN2O3/c1-14-7-12-17(24)18(13-14)25-19-20(27-19)26(6)16-10-8-15(9-11-16)23-28-21(2,3)22(4,5)29-23/h8,10-11,13,15,19-20,25H,7,9,12H2,1-6H3. The van der Waals surface area contributed by atoms with E-state index in [0.717, 1.165) is 18.5 Å². The van der Waals surface area contributed by atoms with Crippen molar-refractivity contribution < 1.29 is 18.4 Å². The molecule has 158 valence electrons. The van der Waals surface area contributed by atoms with Gasteiger partial charge in [-0.3, -0.25) is 0 Å². The Balaban J connectivity index is 1.32. The number of ether oxygens (including phenoxy) is 1. The molecule has 2 heterocycles. The molecule has 2 aliphatic carbocycles. The molecule has 0 aromatic rings. The lowest BCUT2D eigenvalue weighted by Gasteiger charge is -2.32. The molecule has 0 aromatic carbocycles. The number of nitrogens with one attached hydrogen (secondary N) is 1. The van der Waals surface area contributed by atoms with Gasteiger partial charge in [-0.2, -0.15) is 0 Å². The van der Waals surface area contributed by atoms with Crippen molar-refractivity contribution in [3.8, 4) is 0 Å². The topological polar surface area (TPSA) is 46.3 Å². The van der Waals surface area contributed by atoms with Crippen LogP contribution in [-0.2, 0) is 14.0 Å². The van der Waals surface area contributed by atoms with Crippen molar-refractivity contribution in [3.63, 3.8) is 0 Å².